The van der Waals surface area contributed by atoms with E-state index in [0.717, 1.165) is 44.7 Å². The van der Waals surface area contributed by atoms with Crippen molar-refractivity contribution in [2.45, 2.75) is 19.3 Å². The molecule has 1 fully saturated rings. The molecule has 1 unspecified atom stereocenters. The Kier molecular flexibility index (Phi) is 5.16. The lowest BCUT2D eigenvalue weighted by molar-refractivity contribution is 0.234. The van der Waals surface area contributed by atoms with Crippen molar-refractivity contribution in [1.82, 2.24) is 10.2 Å². The molecule has 0 aromatic heterocycles. The van der Waals surface area contributed by atoms with Gasteiger partial charge in [-0.15, -0.1) is 0 Å². The second-order valence-corrected chi connectivity index (χ2v) is 5.18. The molecule has 1 atom stereocenters. The zero-order valence-electron chi connectivity index (χ0n) is 11.8. The third-order valence-electron chi connectivity index (χ3n) is 3.83. The lowest BCUT2D eigenvalue weighted by Crippen LogP contribution is -2.43. The van der Waals surface area contributed by atoms with Crippen molar-refractivity contribution < 1.29 is 9.13 Å². The van der Waals surface area contributed by atoms with Gasteiger partial charge in [0, 0.05) is 26.2 Å². The van der Waals surface area contributed by atoms with Crippen LogP contribution in [0.1, 0.15) is 24.8 Å². The normalized spacial score (nSPS) is 18.3. The summed E-state index contributed by atoms with van der Waals surface area (Å²) in [7, 11) is 1.49. The first-order valence-electron chi connectivity index (χ1n) is 6.97. The van der Waals surface area contributed by atoms with Gasteiger partial charge >= 0.3 is 0 Å². The van der Waals surface area contributed by atoms with Gasteiger partial charge < -0.3 is 15.0 Å². The highest BCUT2D eigenvalue weighted by Gasteiger charge is 2.13. The van der Waals surface area contributed by atoms with Crippen LogP contribution in [0.4, 0.5) is 4.39 Å². The number of nitrogens with one attached hydrogen (secondary N) is 1. The number of halogens is 1. The average molecular weight is 266 g/mol. The topological polar surface area (TPSA) is 24.5 Å². The van der Waals surface area contributed by atoms with Gasteiger partial charge in [0.05, 0.1) is 7.11 Å². The van der Waals surface area contributed by atoms with Gasteiger partial charge in [0.2, 0.25) is 0 Å². The van der Waals surface area contributed by atoms with Crippen molar-refractivity contribution in [2.24, 2.45) is 0 Å². The number of methoxy groups -OCH3 is 1. The summed E-state index contributed by atoms with van der Waals surface area (Å²) < 4.78 is 18.6. The zero-order valence-corrected chi connectivity index (χ0v) is 11.8. The maximum atomic E-state index is 13.7. The predicted octanol–water partition coefficient (Wildman–Crippen LogP) is 2.23. The van der Waals surface area contributed by atoms with Gasteiger partial charge in [-0.25, -0.2) is 4.39 Å². The van der Waals surface area contributed by atoms with E-state index in [2.05, 4.69) is 17.1 Å². The van der Waals surface area contributed by atoms with Crippen LogP contribution in [-0.2, 0) is 0 Å². The molecule has 4 heteroatoms. The highest BCUT2D eigenvalue weighted by atomic mass is 19.1. The predicted molar refractivity (Wildman–Crippen MR) is 75.3 cm³/mol. The molecule has 19 heavy (non-hydrogen) atoms. The summed E-state index contributed by atoms with van der Waals surface area (Å²) >= 11 is 0. The molecule has 1 saturated heterocycles. The van der Waals surface area contributed by atoms with E-state index >= 15 is 0 Å². The number of hydrogen-bond acceptors (Lipinski definition) is 3. The monoisotopic (exact) mass is 266 g/mol. The van der Waals surface area contributed by atoms with Crippen LogP contribution in [0.2, 0.25) is 0 Å². The van der Waals surface area contributed by atoms with Crippen LogP contribution < -0.4 is 10.1 Å². The molecule has 0 radical (unpaired) electrons. The second kappa shape index (κ2) is 6.87. The first kappa shape index (κ1) is 14.3. The van der Waals surface area contributed by atoms with Crippen molar-refractivity contribution in [3.05, 3.63) is 29.6 Å². The Morgan fingerprint density at radius 3 is 2.74 bits per heavy atom. The van der Waals surface area contributed by atoms with Crippen LogP contribution in [-0.4, -0.2) is 44.7 Å². The van der Waals surface area contributed by atoms with Gasteiger partial charge in [0.1, 0.15) is 0 Å². The van der Waals surface area contributed by atoms with Crippen molar-refractivity contribution in [3.8, 4) is 5.75 Å². The highest BCUT2D eigenvalue weighted by molar-refractivity contribution is 5.31. The summed E-state index contributed by atoms with van der Waals surface area (Å²) in [5.41, 5.74) is 1.05. The Labute approximate surface area is 114 Å². The molecular formula is C15H23FN2O. The van der Waals surface area contributed by atoms with Gasteiger partial charge in [0.15, 0.2) is 11.6 Å². The Bertz CT molecular complexity index is 405. The van der Waals surface area contributed by atoms with Crippen molar-refractivity contribution in [2.75, 3.05) is 39.8 Å². The molecule has 0 saturated carbocycles. The minimum Gasteiger partial charge on any atom is -0.494 e. The van der Waals surface area contributed by atoms with E-state index in [1.54, 1.807) is 12.1 Å². The van der Waals surface area contributed by atoms with E-state index in [0.29, 0.717) is 11.7 Å². The van der Waals surface area contributed by atoms with Crippen LogP contribution >= 0.6 is 0 Å². The molecule has 106 valence electrons. The Morgan fingerprint density at radius 1 is 1.37 bits per heavy atom. The van der Waals surface area contributed by atoms with E-state index in [4.69, 9.17) is 4.74 Å². The summed E-state index contributed by atoms with van der Waals surface area (Å²) in [6.45, 7) is 7.62. The van der Waals surface area contributed by atoms with Crippen LogP contribution in [0.5, 0.6) is 5.75 Å². The van der Waals surface area contributed by atoms with E-state index < -0.39 is 0 Å². The third-order valence-corrected chi connectivity index (χ3v) is 3.83. The SMILES string of the molecule is COc1ccc(C(C)CCN2CCNCC2)cc1F. The van der Waals surface area contributed by atoms with E-state index in [-0.39, 0.29) is 5.82 Å². The quantitative estimate of drug-likeness (QED) is 0.884. The summed E-state index contributed by atoms with van der Waals surface area (Å²) in [6.07, 6.45) is 1.06. The van der Waals surface area contributed by atoms with E-state index in [9.17, 15) is 4.39 Å². The average Bonchev–Trinajstić information content (AvgIpc) is 2.45. The number of benzene rings is 1. The number of hydrogen-bond donors (Lipinski definition) is 1. The first-order valence-corrected chi connectivity index (χ1v) is 6.97. The van der Waals surface area contributed by atoms with Crippen LogP contribution in [0.15, 0.2) is 18.2 Å². The molecule has 1 aromatic carbocycles. The number of rotatable bonds is 5. The van der Waals surface area contributed by atoms with Crippen LogP contribution in [0, 0.1) is 5.82 Å². The molecule has 3 nitrogen and oxygen atoms in total. The number of nitrogens with zero attached hydrogens (tertiary/aromatic N) is 1. The first-order chi connectivity index (χ1) is 9.20. The van der Waals surface area contributed by atoms with Gasteiger partial charge in [-0.3, -0.25) is 0 Å². The largest absolute Gasteiger partial charge is 0.494 e. The van der Waals surface area contributed by atoms with Crippen molar-refractivity contribution in [1.29, 1.82) is 0 Å². The maximum absolute atomic E-state index is 13.7. The van der Waals surface area contributed by atoms with Crippen LogP contribution in [0.3, 0.4) is 0 Å². The fourth-order valence-electron chi connectivity index (χ4n) is 2.47. The standard InChI is InChI=1S/C15H23FN2O/c1-12(5-8-18-9-6-17-7-10-18)13-3-4-15(19-2)14(16)11-13/h3-4,11-12,17H,5-10H2,1-2H3. The van der Waals surface area contributed by atoms with Crippen LogP contribution in [0.25, 0.3) is 0 Å². The molecule has 0 aliphatic carbocycles. The lowest BCUT2D eigenvalue weighted by atomic mass is 9.97. The summed E-state index contributed by atoms with van der Waals surface area (Å²) in [5, 5.41) is 3.35. The molecule has 0 spiro atoms. The third kappa shape index (κ3) is 3.91. The fourth-order valence-corrected chi connectivity index (χ4v) is 2.47. The van der Waals surface area contributed by atoms with Gasteiger partial charge in [-0.2, -0.15) is 0 Å². The maximum Gasteiger partial charge on any atom is 0.165 e. The molecule has 0 bridgehead atoms. The molecule has 2 rings (SSSR count). The number of piperazine rings is 1. The van der Waals surface area contributed by atoms with Crippen molar-refractivity contribution >= 4 is 0 Å². The van der Waals surface area contributed by atoms with Crippen molar-refractivity contribution in [3.63, 3.8) is 0 Å². The number of ether oxygens (including phenoxy) is 1. The minimum atomic E-state index is -0.269. The lowest BCUT2D eigenvalue weighted by Gasteiger charge is -2.28. The highest BCUT2D eigenvalue weighted by Crippen LogP contribution is 2.25. The van der Waals surface area contributed by atoms with E-state index in [1.807, 2.05) is 6.07 Å². The summed E-state index contributed by atoms with van der Waals surface area (Å²) in [5.74, 6) is 0.419. The smallest absolute Gasteiger partial charge is 0.165 e. The molecular weight excluding hydrogens is 243 g/mol. The molecule has 1 aliphatic rings. The Morgan fingerprint density at radius 2 is 2.11 bits per heavy atom. The fraction of sp³-hybridized carbons (Fsp3) is 0.600. The molecule has 1 heterocycles. The summed E-state index contributed by atoms with van der Waals surface area (Å²) in [4.78, 5) is 2.47. The Balaban J connectivity index is 1.88. The summed E-state index contributed by atoms with van der Waals surface area (Å²) in [6, 6.07) is 5.28. The zero-order chi connectivity index (χ0) is 13.7. The molecule has 0 amide bonds. The second-order valence-electron chi connectivity index (χ2n) is 5.18. The molecule has 1 aromatic rings. The van der Waals surface area contributed by atoms with E-state index in [1.165, 1.54) is 7.11 Å². The molecule has 1 aliphatic heterocycles. The Hall–Kier alpha value is -1.13. The van der Waals surface area contributed by atoms with Gasteiger partial charge in [-0.05, 0) is 36.6 Å². The molecule has 1 N–H and O–H groups in total. The van der Waals surface area contributed by atoms with Gasteiger partial charge in [0.25, 0.3) is 0 Å². The minimum absolute atomic E-state index is 0.269. The van der Waals surface area contributed by atoms with Gasteiger partial charge in [-0.1, -0.05) is 13.0 Å².